The van der Waals surface area contributed by atoms with E-state index in [9.17, 15) is 5.11 Å². The van der Waals surface area contributed by atoms with Gasteiger partial charge in [-0.15, -0.1) is 0 Å². The number of hydrogen-bond acceptors (Lipinski definition) is 3. The lowest BCUT2D eigenvalue weighted by atomic mass is 9.89. The average molecular weight is 271 g/mol. The zero-order chi connectivity index (χ0) is 13.9. The number of aliphatic hydroxyl groups is 1. The van der Waals surface area contributed by atoms with Gasteiger partial charge in [0.2, 0.25) is 0 Å². The molecule has 0 spiro atoms. The molecular formula is C16H21N3O. The predicted molar refractivity (Wildman–Crippen MR) is 78.7 cm³/mol. The summed E-state index contributed by atoms with van der Waals surface area (Å²) in [6.45, 7) is 3.23. The molecule has 2 heterocycles. The summed E-state index contributed by atoms with van der Waals surface area (Å²) in [5, 5.41) is 18.3. The van der Waals surface area contributed by atoms with Crippen LogP contribution in [0.5, 0.6) is 0 Å². The van der Waals surface area contributed by atoms with Crippen LogP contribution < -0.4 is 5.32 Å². The molecule has 3 atom stereocenters. The van der Waals surface area contributed by atoms with E-state index < -0.39 is 6.10 Å². The van der Waals surface area contributed by atoms with E-state index in [1.54, 1.807) is 6.20 Å². The number of para-hydroxylation sites is 1. The van der Waals surface area contributed by atoms with Crippen molar-refractivity contribution in [1.29, 1.82) is 0 Å². The molecule has 3 unspecified atom stereocenters. The van der Waals surface area contributed by atoms with Crippen molar-refractivity contribution in [2.24, 2.45) is 5.92 Å². The predicted octanol–water partition coefficient (Wildman–Crippen LogP) is 2.29. The molecule has 20 heavy (non-hydrogen) atoms. The molecule has 4 nitrogen and oxygen atoms in total. The highest BCUT2D eigenvalue weighted by molar-refractivity contribution is 5.31. The fraction of sp³-hybridized carbons (Fsp3) is 0.438. The molecule has 1 aliphatic rings. The summed E-state index contributed by atoms with van der Waals surface area (Å²) in [6, 6.07) is 10.1. The van der Waals surface area contributed by atoms with Crippen molar-refractivity contribution in [2.75, 3.05) is 6.54 Å². The molecule has 106 valence electrons. The Bertz CT molecular complexity index is 552. The van der Waals surface area contributed by atoms with Crippen molar-refractivity contribution in [3.63, 3.8) is 0 Å². The maximum Gasteiger partial charge on any atom is 0.0973 e. The van der Waals surface area contributed by atoms with Crippen LogP contribution in [-0.2, 0) is 0 Å². The zero-order valence-electron chi connectivity index (χ0n) is 11.7. The molecular weight excluding hydrogens is 250 g/mol. The van der Waals surface area contributed by atoms with Crippen molar-refractivity contribution in [3.8, 4) is 5.69 Å². The van der Waals surface area contributed by atoms with Gasteiger partial charge in [0.1, 0.15) is 0 Å². The molecule has 0 saturated carbocycles. The zero-order valence-corrected chi connectivity index (χ0v) is 11.7. The summed E-state index contributed by atoms with van der Waals surface area (Å²) in [6.07, 6.45) is 5.39. The lowest BCUT2D eigenvalue weighted by molar-refractivity contribution is 0.101. The summed E-state index contributed by atoms with van der Waals surface area (Å²) in [5.74, 6) is 0.667. The summed E-state index contributed by atoms with van der Waals surface area (Å²) in [7, 11) is 0. The lowest BCUT2D eigenvalue weighted by Gasteiger charge is -2.31. The first-order valence-corrected chi connectivity index (χ1v) is 7.25. The van der Waals surface area contributed by atoms with E-state index in [0.717, 1.165) is 24.2 Å². The van der Waals surface area contributed by atoms with E-state index in [0.29, 0.717) is 5.92 Å². The Morgan fingerprint density at radius 3 is 2.90 bits per heavy atom. The number of piperidine rings is 1. The van der Waals surface area contributed by atoms with Crippen LogP contribution >= 0.6 is 0 Å². The van der Waals surface area contributed by atoms with Crippen LogP contribution in [0.1, 0.15) is 31.4 Å². The maximum absolute atomic E-state index is 10.5. The molecule has 1 aliphatic heterocycles. The molecule has 1 aromatic heterocycles. The quantitative estimate of drug-likeness (QED) is 0.900. The normalized spacial score (nSPS) is 24.5. The lowest BCUT2D eigenvalue weighted by Crippen LogP contribution is -2.41. The molecule has 1 fully saturated rings. The highest BCUT2D eigenvalue weighted by Gasteiger charge is 2.26. The fourth-order valence-corrected chi connectivity index (χ4v) is 2.83. The number of aliphatic hydroxyl groups excluding tert-OH is 1. The largest absolute Gasteiger partial charge is 0.387 e. The summed E-state index contributed by atoms with van der Waals surface area (Å²) < 4.78 is 1.81. The third-order valence-corrected chi connectivity index (χ3v) is 4.05. The Balaban J connectivity index is 1.76. The highest BCUT2D eigenvalue weighted by Crippen LogP contribution is 2.26. The molecule has 0 bridgehead atoms. The number of hydrogen-bond donors (Lipinski definition) is 2. The number of nitrogens with zero attached hydrogens (tertiary/aromatic N) is 2. The van der Waals surface area contributed by atoms with Crippen LogP contribution in [0.3, 0.4) is 0 Å². The maximum atomic E-state index is 10.5. The van der Waals surface area contributed by atoms with Crippen molar-refractivity contribution in [1.82, 2.24) is 15.1 Å². The van der Waals surface area contributed by atoms with Gasteiger partial charge in [-0.2, -0.15) is 5.10 Å². The highest BCUT2D eigenvalue weighted by atomic mass is 16.3. The van der Waals surface area contributed by atoms with Crippen molar-refractivity contribution in [2.45, 2.75) is 31.9 Å². The standard InChI is InChI=1S/C16H21N3O/c1-12-7-8-17-15(9-12)16(20)13-10-18-19(11-13)14-5-3-2-4-6-14/h2-6,10-12,15-17,20H,7-9H2,1H3. The average Bonchev–Trinajstić information content (AvgIpc) is 2.97. The van der Waals surface area contributed by atoms with Crippen LogP contribution in [0.15, 0.2) is 42.7 Å². The summed E-state index contributed by atoms with van der Waals surface area (Å²) >= 11 is 0. The Morgan fingerprint density at radius 2 is 2.15 bits per heavy atom. The number of rotatable bonds is 3. The molecule has 0 radical (unpaired) electrons. The molecule has 4 heteroatoms. The molecule has 2 N–H and O–H groups in total. The van der Waals surface area contributed by atoms with Gasteiger partial charge >= 0.3 is 0 Å². The first-order chi connectivity index (χ1) is 9.74. The SMILES string of the molecule is CC1CCNC(C(O)c2cnn(-c3ccccc3)c2)C1. The minimum Gasteiger partial charge on any atom is -0.387 e. The number of aromatic nitrogens is 2. The van der Waals surface area contributed by atoms with Crippen LogP contribution in [0.4, 0.5) is 0 Å². The van der Waals surface area contributed by atoms with Crippen molar-refractivity contribution < 1.29 is 5.11 Å². The van der Waals surface area contributed by atoms with Gasteiger partial charge in [-0.25, -0.2) is 4.68 Å². The van der Waals surface area contributed by atoms with Crippen LogP contribution in [-0.4, -0.2) is 27.5 Å². The molecule has 3 rings (SSSR count). The Morgan fingerprint density at radius 1 is 1.35 bits per heavy atom. The van der Waals surface area contributed by atoms with E-state index in [-0.39, 0.29) is 6.04 Å². The summed E-state index contributed by atoms with van der Waals surface area (Å²) in [4.78, 5) is 0. The first-order valence-electron chi connectivity index (χ1n) is 7.25. The van der Waals surface area contributed by atoms with Crippen LogP contribution in [0, 0.1) is 5.92 Å². The minimum absolute atomic E-state index is 0.132. The van der Waals surface area contributed by atoms with Gasteiger partial charge in [-0.3, -0.25) is 0 Å². The summed E-state index contributed by atoms with van der Waals surface area (Å²) in [5.41, 5.74) is 1.89. The van der Waals surface area contributed by atoms with Gasteiger partial charge in [0.05, 0.1) is 18.0 Å². The van der Waals surface area contributed by atoms with Gasteiger partial charge < -0.3 is 10.4 Å². The van der Waals surface area contributed by atoms with Gasteiger partial charge in [0.15, 0.2) is 0 Å². The molecule has 0 aliphatic carbocycles. The van der Waals surface area contributed by atoms with E-state index in [4.69, 9.17) is 0 Å². The van der Waals surface area contributed by atoms with Crippen molar-refractivity contribution in [3.05, 3.63) is 48.3 Å². The smallest absolute Gasteiger partial charge is 0.0973 e. The molecule has 1 saturated heterocycles. The number of benzene rings is 1. The minimum atomic E-state index is -0.491. The molecule has 1 aromatic carbocycles. The number of nitrogens with one attached hydrogen (secondary N) is 1. The van der Waals surface area contributed by atoms with E-state index in [1.807, 2.05) is 41.2 Å². The van der Waals surface area contributed by atoms with E-state index in [2.05, 4.69) is 17.3 Å². The Hall–Kier alpha value is -1.65. The first kappa shape index (κ1) is 13.3. The Labute approximate surface area is 119 Å². The molecule has 2 aromatic rings. The third-order valence-electron chi connectivity index (χ3n) is 4.05. The second kappa shape index (κ2) is 5.77. The van der Waals surface area contributed by atoms with Gasteiger partial charge in [0.25, 0.3) is 0 Å². The van der Waals surface area contributed by atoms with Gasteiger partial charge in [0, 0.05) is 17.8 Å². The molecule has 0 amide bonds. The second-order valence-electron chi connectivity index (χ2n) is 5.69. The van der Waals surface area contributed by atoms with Crippen molar-refractivity contribution >= 4 is 0 Å². The van der Waals surface area contributed by atoms with E-state index >= 15 is 0 Å². The van der Waals surface area contributed by atoms with Gasteiger partial charge in [-0.05, 0) is 37.4 Å². The fourth-order valence-electron chi connectivity index (χ4n) is 2.83. The second-order valence-corrected chi connectivity index (χ2v) is 5.69. The Kier molecular flexibility index (Phi) is 3.85. The van der Waals surface area contributed by atoms with Crippen LogP contribution in [0.25, 0.3) is 5.69 Å². The van der Waals surface area contributed by atoms with E-state index in [1.165, 1.54) is 6.42 Å². The van der Waals surface area contributed by atoms with Gasteiger partial charge in [-0.1, -0.05) is 25.1 Å². The monoisotopic (exact) mass is 271 g/mol. The third kappa shape index (κ3) is 2.76. The topological polar surface area (TPSA) is 50.1 Å². The van der Waals surface area contributed by atoms with Crippen LogP contribution in [0.2, 0.25) is 0 Å².